The summed E-state index contributed by atoms with van der Waals surface area (Å²) in [6.07, 6.45) is 1.05. The lowest BCUT2D eigenvalue weighted by molar-refractivity contribution is -0.384. The molecule has 0 atom stereocenters. The quantitative estimate of drug-likeness (QED) is 0.602. The van der Waals surface area contributed by atoms with Crippen molar-refractivity contribution in [2.45, 2.75) is 0 Å². The van der Waals surface area contributed by atoms with Crippen LogP contribution >= 0.6 is 0 Å². The van der Waals surface area contributed by atoms with Gasteiger partial charge in [0.05, 0.1) is 11.2 Å². The average Bonchev–Trinajstić information content (AvgIpc) is 2.66. The molecule has 1 fully saturated rings. The lowest BCUT2D eigenvalue weighted by Crippen LogP contribution is -2.49. The molecule has 1 amide bonds. The van der Waals surface area contributed by atoms with Crippen LogP contribution in [-0.2, 0) is 10.0 Å². The molecule has 1 aliphatic heterocycles. The number of hydrogen-bond acceptors (Lipinski definition) is 6. The first-order valence-corrected chi connectivity index (χ1v) is 10.5. The van der Waals surface area contributed by atoms with E-state index in [1.54, 1.807) is 41.3 Å². The van der Waals surface area contributed by atoms with Crippen LogP contribution in [0.25, 0.3) is 0 Å². The summed E-state index contributed by atoms with van der Waals surface area (Å²) < 4.78 is 25.1. The number of nitro groups is 1. The Labute approximate surface area is 162 Å². The van der Waals surface area contributed by atoms with Crippen molar-refractivity contribution in [2.75, 3.05) is 42.1 Å². The minimum atomic E-state index is -3.43. The highest BCUT2D eigenvalue weighted by Crippen LogP contribution is 2.28. The van der Waals surface area contributed by atoms with E-state index in [4.69, 9.17) is 0 Å². The third-order valence-electron chi connectivity index (χ3n) is 4.40. The maximum atomic E-state index is 12.8. The number of nitrogens with zero attached hydrogens (tertiary/aromatic N) is 3. The Morgan fingerprint density at radius 1 is 1.07 bits per heavy atom. The normalized spacial score (nSPS) is 14.6. The van der Waals surface area contributed by atoms with Crippen LogP contribution in [-0.4, -0.2) is 56.6 Å². The van der Waals surface area contributed by atoms with Gasteiger partial charge in [0, 0.05) is 43.5 Å². The second-order valence-corrected chi connectivity index (χ2v) is 8.23. The summed E-state index contributed by atoms with van der Waals surface area (Å²) in [4.78, 5) is 27.1. The second-order valence-electron chi connectivity index (χ2n) is 6.48. The fraction of sp³-hybridized carbons (Fsp3) is 0.278. The summed E-state index contributed by atoms with van der Waals surface area (Å²) >= 11 is 0. The number of nitrogens with one attached hydrogen (secondary N) is 1. The Morgan fingerprint density at radius 2 is 1.75 bits per heavy atom. The highest BCUT2D eigenvalue weighted by atomic mass is 32.2. The van der Waals surface area contributed by atoms with E-state index in [1.165, 1.54) is 12.1 Å². The molecule has 1 heterocycles. The standard InChI is InChI=1S/C18H20N4O5S/c1-28(26,27)19-15-6-4-5-14(13-15)18(23)21-11-9-20(10-12-21)16-7-2-3-8-17(16)22(24)25/h2-8,13,19H,9-12H2,1H3. The lowest BCUT2D eigenvalue weighted by atomic mass is 10.1. The fourth-order valence-corrected chi connectivity index (χ4v) is 3.70. The zero-order valence-electron chi connectivity index (χ0n) is 15.2. The van der Waals surface area contributed by atoms with Crippen LogP contribution in [0.2, 0.25) is 0 Å². The first-order chi connectivity index (χ1) is 13.2. The summed E-state index contributed by atoms with van der Waals surface area (Å²) in [6, 6.07) is 12.9. The number of carbonyl (C=O) groups is 1. The van der Waals surface area contributed by atoms with Crippen molar-refractivity contribution in [3.05, 3.63) is 64.2 Å². The molecule has 10 heteroatoms. The van der Waals surface area contributed by atoms with Crippen molar-refractivity contribution in [1.82, 2.24) is 4.90 Å². The molecule has 3 rings (SSSR count). The fourth-order valence-electron chi connectivity index (χ4n) is 3.15. The monoisotopic (exact) mass is 404 g/mol. The van der Waals surface area contributed by atoms with Crippen molar-refractivity contribution in [3.63, 3.8) is 0 Å². The van der Waals surface area contributed by atoms with Gasteiger partial charge in [-0.15, -0.1) is 0 Å². The van der Waals surface area contributed by atoms with Gasteiger partial charge in [-0.2, -0.15) is 0 Å². The largest absolute Gasteiger partial charge is 0.362 e. The third kappa shape index (κ3) is 4.58. The number of para-hydroxylation sites is 2. The highest BCUT2D eigenvalue weighted by Gasteiger charge is 2.26. The first kappa shape index (κ1) is 19.6. The second kappa shape index (κ2) is 7.85. The summed E-state index contributed by atoms with van der Waals surface area (Å²) in [5.41, 5.74) is 1.29. The van der Waals surface area contributed by atoms with Crippen molar-refractivity contribution < 1.29 is 18.1 Å². The maximum Gasteiger partial charge on any atom is 0.292 e. The number of sulfonamides is 1. The number of hydrogen-bond donors (Lipinski definition) is 1. The van der Waals surface area contributed by atoms with Gasteiger partial charge in [-0.25, -0.2) is 8.42 Å². The number of anilines is 2. The molecule has 2 aromatic carbocycles. The minimum absolute atomic E-state index is 0.0434. The van der Waals surface area contributed by atoms with Gasteiger partial charge in [0.1, 0.15) is 5.69 Å². The SMILES string of the molecule is CS(=O)(=O)Nc1cccc(C(=O)N2CCN(c3ccccc3[N+](=O)[O-])CC2)c1. The van der Waals surface area contributed by atoms with Crippen LogP contribution in [0.1, 0.15) is 10.4 Å². The van der Waals surface area contributed by atoms with Gasteiger partial charge < -0.3 is 9.80 Å². The predicted octanol–water partition coefficient (Wildman–Crippen LogP) is 1.93. The number of benzene rings is 2. The molecule has 0 bridgehead atoms. The molecule has 0 spiro atoms. The number of nitro benzene ring substituents is 1. The van der Waals surface area contributed by atoms with E-state index in [0.29, 0.717) is 43.1 Å². The Hall–Kier alpha value is -3.14. The molecule has 0 aromatic heterocycles. The molecular weight excluding hydrogens is 384 g/mol. The predicted molar refractivity (Wildman–Crippen MR) is 106 cm³/mol. The summed E-state index contributed by atoms with van der Waals surface area (Å²) in [6.45, 7) is 1.76. The summed E-state index contributed by atoms with van der Waals surface area (Å²) in [5, 5.41) is 11.2. The van der Waals surface area contributed by atoms with Crippen LogP contribution in [0.4, 0.5) is 17.1 Å². The molecule has 148 valence electrons. The van der Waals surface area contributed by atoms with Crippen molar-refractivity contribution in [2.24, 2.45) is 0 Å². The summed E-state index contributed by atoms with van der Waals surface area (Å²) in [7, 11) is -3.43. The van der Waals surface area contributed by atoms with E-state index in [-0.39, 0.29) is 11.6 Å². The first-order valence-electron chi connectivity index (χ1n) is 8.60. The molecule has 1 saturated heterocycles. The van der Waals surface area contributed by atoms with Gasteiger partial charge in [0.15, 0.2) is 0 Å². The Balaban J connectivity index is 1.69. The van der Waals surface area contributed by atoms with Gasteiger partial charge in [0.2, 0.25) is 10.0 Å². The number of piperazine rings is 1. The number of amides is 1. The molecule has 0 saturated carbocycles. The van der Waals surface area contributed by atoms with E-state index in [9.17, 15) is 23.3 Å². The molecule has 0 unspecified atom stereocenters. The molecule has 1 N–H and O–H groups in total. The molecule has 28 heavy (non-hydrogen) atoms. The van der Waals surface area contributed by atoms with Crippen LogP contribution in [0.3, 0.4) is 0 Å². The Bertz CT molecular complexity index is 1000. The average molecular weight is 404 g/mol. The summed E-state index contributed by atoms with van der Waals surface area (Å²) in [5.74, 6) is -0.209. The van der Waals surface area contributed by atoms with E-state index in [1.807, 2.05) is 4.90 Å². The molecule has 1 aliphatic rings. The van der Waals surface area contributed by atoms with Crippen LogP contribution in [0.15, 0.2) is 48.5 Å². The lowest BCUT2D eigenvalue weighted by Gasteiger charge is -2.35. The molecule has 0 aliphatic carbocycles. The topological polar surface area (TPSA) is 113 Å². The molecule has 2 aromatic rings. The zero-order valence-corrected chi connectivity index (χ0v) is 16.1. The minimum Gasteiger partial charge on any atom is -0.362 e. The number of carbonyl (C=O) groups excluding carboxylic acids is 1. The zero-order chi connectivity index (χ0) is 20.3. The third-order valence-corrected chi connectivity index (χ3v) is 5.01. The van der Waals surface area contributed by atoms with Crippen LogP contribution in [0.5, 0.6) is 0 Å². The Morgan fingerprint density at radius 3 is 2.39 bits per heavy atom. The molecule has 0 radical (unpaired) electrons. The van der Waals surface area contributed by atoms with Crippen LogP contribution < -0.4 is 9.62 Å². The van der Waals surface area contributed by atoms with E-state index in [0.717, 1.165) is 6.26 Å². The smallest absolute Gasteiger partial charge is 0.292 e. The van der Waals surface area contributed by atoms with E-state index in [2.05, 4.69) is 4.72 Å². The highest BCUT2D eigenvalue weighted by molar-refractivity contribution is 7.92. The van der Waals surface area contributed by atoms with Gasteiger partial charge in [0.25, 0.3) is 11.6 Å². The van der Waals surface area contributed by atoms with E-state index < -0.39 is 14.9 Å². The number of rotatable bonds is 5. The molecule has 9 nitrogen and oxygen atoms in total. The maximum absolute atomic E-state index is 12.8. The van der Waals surface area contributed by atoms with Crippen molar-refractivity contribution >= 4 is 33.0 Å². The van der Waals surface area contributed by atoms with Gasteiger partial charge in [-0.3, -0.25) is 19.6 Å². The van der Waals surface area contributed by atoms with E-state index >= 15 is 0 Å². The van der Waals surface area contributed by atoms with Crippen molar-refractivity contribution in [3.8, 4) is 0 Å². The van der Waals surface area contributed by atoms with Gasteiger partial charge in [-0.05, 0) is 24.3 Å². The Kier molecular flexibility index (Phi) is 5.50. The van der Waals surface area contributed by atoms with Gasteiger partial charge >= 0.3 is 0 Å². The van der Waals surface area contributed by atoms with Crippen LogP contribution in [0, 0.1) is 10.1 Å². The van der Waals surface area contributed by atoms with Crippen molar-refractivity contribution in [1.29, 1.82) is 0 Å². The van der Waals surface area contributed by atoms with Gasteiger partial charge in [-0.1, -0.05) is 18.2 Å². The molecular formula is C18H20N4O5S.